The first kappa shape index (κ1) is 14.3. The zero-order chi connectivity index (χ0) is 14.7. The maximum atomic E-state index is 3.63. The molecule has 0 radical (unpaired) electrons. The number of thiophene rings is 1. The van der Waals surface area contributed by atoms with Gasteiger partial charge >= 0.3 is 0 Å². The fraction of sp³-hybridized carbons (Fsp3) is 0.263. The van der Waals surface area contributed by atoms with Crippen molar-refractivity contribution >= 4 is 21.4 Å². The van der Waals surface area contributed by atoms with Gasteiger partial charge in [0.05, 0.1) is 0 Å². The molecule has 1 nitrogen and oxygen atoms in total. The van der Waals surface area contributed by atoms with Crippen molar-refractivity contribution in [3.8, 4) is 0 Å². The van der Waals surface area contributed by atoms with E-state index in [0.717, 1.165) is 13.0 Å². The van der Waals surface area contributed by atoms with E-state index in [-0.39, 0.29) is 0 Å². The number of hydrogen-bond acceptors (Lipinski definition) is 2. The summed E-state index contributed by atoms with van der Waals surface area (Å²) in [5.41, 5.74) is 2.71. The van der Waals surface area contributed by atoms with Crippen LogP contribution >= 0.6 is 11.3 Å². The lowest BCUT2D eigenvalue weighted by Gasteiger charge is -2.16. The van der Waals surface area contributed by atoms with Crippen molar-refractivity contribution in [2.24, 2.45) is 0 Å². The third kappa shape index (κ3) is 3.34. The van der Waals surface area contributed by atoms with Crippen LogP contribution in [-0.4, -0.2) is 6.54 Å². The summed E-state index contributed by atoms with van der Waals surface area (Å²) in [6, 6.07) is 20.2. The number of likely N-dealkylation sites (N-methyl/N-ethyl adjacent to an activating group) is 1. The highest BCUT2D eigenvalue weighted by atomic mass is 32.1. The highest BCUT2D eigenvalue weighted by Gasteiger charge is 2.14. The Morgan fingerprint density at radius 3 is 2.52 bits per heavy atom. The van der Waals surface area contributed by atoms with Crippen LogP contribution in [0.3, 0.4) is 0 Å². The maximum absolute atomic E-state index is 3.63. The lowest BCUT2D eigenvalue weighted by Crippen LogP contribution is -2.22. The van der Waals surface area contributed by atoms with Crippen molar-refractivity contribution < 1.29 is 0 Å². The molecule has 1 N–H and O–H groups in total. The number of benzene rings is 2. The molecule has 0 aliphatic heterocycles. The van der Waals surface area contributed by atoms with Gasteiger partial charge in [-0.25, -0.2) is 0 Å². The van der Waals surface area contributed by atoms with Crippen LogP contribution in [0.5, 0.6) is 0 Å². The Bertz CT molecular complexity index is 679. The summed E-state index contributed by atoms with van der Waals surface area (Å²) < 4.78 is 1.37. The van der Waals surface area contributed by atoms with Gasteiger partial charge in [-0.15, -0.1) is 11.3 Å². The van der Waals surface area contributed by atoms with Crippen molar-refractivity contribution in [3.05, 3.63) is 70.6 Å². The second-order valence-electron chi connectivity index (χ2n) is 5.49. The van der Waals surface area contributed by atoms with E-state index in [2.05, 4.69) is 73.8 Å². The average Bonchev–Trinajstić information content (AvgIpc) is 2.93. The van der Waals surface area contributed by atoms with E-state index in [4.69, 9.17) is 0 Å². The minimum absolute atomic E-state index is 0.398. The second-order valence-corrected chi connectivity index (χ2v) is 6.60. The highest BCUT2D eigenvalue weighted by molar-refractivity contribution is 7.19. The molecule has 108 valence electrons. The Balaban J connectivity index is 1.87. The SMILES string of the molecule is CCNC(Cc1ccc(C)cc1)c1cc2ccccc2s1. The Kier molecular flexibility index (Phi) is 4.37. The summed E-state index contributed by atoms with van der Waals surface area (Å²) in [4.78, 5) is 1.43. The topological polar surface area (TPSA) is 12.0 Å². The lowest BCUT2D eigenvalue weighted by molar-refractivity contribution is 0.558. The van der Waals surface area contributed by atoms with Crippen LogP contribution in [0.2, 0.25) is 0 Å². The van der Waals surface area contributed by atoms with E-state index in [1.54, 1.807) is 0 Å². The van der Waals surface area contributed by atoms with Gasteiger partial charge in [0.1, 0.15) is 0 Å². The molecule has 0 aliphatic rings. The number of nitrogens with one attached hydrogen (secondary N) is 1. The molecule has 21 heavy (non-hydrogen) atoms. The molecule has 3 rings (SSSR count). The summed E-state index contributed by atoms with van der Waals surface area (Å²) in [6.07, 6.45) is 1.04. The van der Waals surface area contributed by atoms with Crippen LogP contribution in [0.25, 0.3) is 10.1 Å². The van der Waals surface area contributed by atoms with Gasteiger partial charge in [-0.1, -0.05) is 55.0 Å². The van der Waals surface area contributed by atoms with Gasteiger partial charge in [-0.05, 0) is 43.0 Å². The Morgan fingerprint density at radius 2 is 1.81 bits per heavy atom. The average molecular weight is 295 g/mol. The van der Waals surface area contributed by atoms with Gasteiger partial charge in [0.15, 0.2) is 0 Å². The van der Waals surface area contributed by atoms with E-state index in [1.807, 2.05) is 11.3 Å². The largest absolute Gasteiger partial charge is 0.309 e. The highest BCUT2D eigenvalue weighted by Crippen LogP contribution is 2.31. The van der Waals surface area contributed by atoms with Crippen LogP contribution in [0, 0.1) is 6.92 Å². The molecule has 0 fully saturated rings. The van der Waals surface area contributed by atoms with Crippen molar-refractivity contribution in [1.29, 1.82) is 0 Å². The van der Waals surface area contributed by atoms with Crippen LogP contribution in [0.15, 0.2) is 54.6 Å². The Hall–Kier alpha value is -1.64. The molecule has 0 saturated carbocycles. The van der Waals surface area contributed by atoms with Gasteiger partial charge in [0, 0.05) is 15.6 Å². The Morgan fingerprint density at radius 1 is 1.05 bits per heavy atom. The molecule has 2 aromatic carbocycles. The summed E-state index contributed by atoms with van der Waals surface area (Å²) in [7, 11) is 0. The normalized spacial score (nSPS) is 12.7. The fourth-order valence-corrected chi connectivity index (χ4v) is 3.79. The van der Waals surface area contributed by atoms with Crippen molar-refractivity contribution in [2.45, 2.75) is 26.3 Å². The predicted octanol–water partition coefficient (Wildman–Crippen LogP) is 5.10. The van der Waals surface area contributed by atoms with Crippen LogP contribution in [0.1, 0.15) is 29.0 Å². The van der Waals surface area contributed by atoms with E-state index < -0.39 is 0 Å². The van der Waals surface area contributed by atoms with Crippen LogP contribution in [0.4, 0.5) is 0 Å². The number of hydrogen-bond donors (Lipinski definition) is 1. The molecule has 1 atom stereocenters. The van der Waals surface area contributed by atoms with Crippen molar-refractivity contribution in [2.75, 3.05) is 6.54 Å². The first-order valence-electron chi connectivity index (χ1n) is 7.53. The zero-order valence-electron chi connectivity index (χ0n) is 12.6. The summed E-state index contributed by atoms with van der Waals surface area (Å²) in [6.45, 7) is 5.30. The third-order valence-electron chi connectivity index (χ3n) is 3.80. The Labute approximate surface area is 130 Å². The maximum Gasteiger partial charge on any atom is 0.0456 e. The third-order valence-corrected chi connectivity index (χ3v) is 5.03. The molecule has 0 saturated heterocycles. The smallest absolute Gasteiger partial charge is 0.0456 e. The molecule has 3 aromatic rings. The zero-order valence-corrected chi connectivity index (χ0v) is 13.4. The minimum atomic E-state index is 0.398. The molecule has 0 bridgehead atoms. The number of rotatable bonds is 5. The second kappa shape index (κ2) is 6.42. The van der Waals surface area contributed by atoms with Gasteiger partial charge in [0.2, 0.25) is 0 Å². The summed E-state index contributed by atoms with van der Waals surface area (Å²) in [5.74, 6) is 0. The van der Waals surface area contributed by atoms with Crippen LogP contribution < -0.4 is 5.32 Å². The first-order chi connectivity index (χ1) is 10.3. The fourth-order valence-electron chi connectivity index (χ4n) is 2.65. The van der Waals surface area contributed by atoms with Gasteiger partial charge < -0.3 is 5.32 Å². The molecule has 0 amide bonds. The molecular formula is C19H21NS. The van der Waals surface area contributed by atoms with Gasteiger partial charge in [-0.2, -0.15) is 0 Å². The number of aryl methyl sites for hydroxylation is 1. The first-order valence-corrected chi connectivity index (χ1v) is 8.35. The van der Waals surface area contributed by atoms with E-state index >= 15 is 0 Å². The van der Waals surface area contributed by atoms with E-state index in [0.29, 0.717) is 6.04 Å². The molecule has 1 heterocycles. The number of fused-ring (bicyclic) bond motifs is 1. The van der Waals surface area contributed by atoms with Crippen molar-refractivity contribution in [1.82, 2.24) is 5.32 Å². The predicted molar refractivity (Wildman–Crippen MR) is 93.1 cm³/mol. The standard InChI is InChI=1S/C19H21NS/c1-3-20-17(12-15-10-8-14(2)9-11-15)19-13-16-6-4-5-7-18(16)21-19/h4-11,13,17,20H,3,12H2,1-2H3. The molecule has 2 heteroatoms. The lowest BCUT2D eigenvalue weighted by atomic mass is 10.0. The molecule has 0 spiro atoms. The monoisotopic (exact) mass is 295 g/mol. The van der Waals surface area contributed by atoms with Crippen molar-refractivity contribution in [3.63, 3.8) is 0 Å². The minimum Gasteiger partial charge on any atom is -0.309 e. The molecular weight excluding hydrogens is 274 g/mol. The van der Waals surface area contributed by atoms with E-state index in [9.17, 15) is 0 Å². The quantitative estimate of drug-likeness (QED) is 0.690. The summed E-state index contributed by atoms with van der Waals surface area (Å²) >= 11 is 1.91. The molecule has 0 aliphatic carbocycles. The molecule has 1 aromatic heterocycles. The van der Waals surface area contributed by atoms with Gasteiger partial charge in [-0.3, -0.25) is 0 Å². The summed E-state index contributed by atoms with van der Waals surface area (Å²) in [5, 5.41) is 4.98. The van der Waals surface area contributed by atoms with Crippen LogP contribution in [-0.2, 0) is 6.42 Å². The van der Waals surface area contributed by atoms with E-state index in [1.165, 1.54) is 26.1 Å². The molecule has 1 unspecified atom stereocenters. The van der Waals surface area contributed by atoms with Gasteiger partial charge in [0.25, 0.3) is 0 Å².